The fourth-order valence-corrected chi connectivity index (χ4v) is 6.62. The lowest BCUT2D eigenvalue weighted by molar-refractivity contribution is -0.0732. The largest absolute Gasteiger partial charge is 0.508 e. The summed E-state index contributed by atoms with van der Waals surface area (Å²) in [6.45, 7) is 2.34. The van der Waals surface area contributed by atoms with Crippen LogP contribution in [0.4, 0.5) is 0 Å². The van der Waals surface area contributed by atoms with Gasteiger partial charge < -0.3 is 10.2 Å². The van der Waals surface area contributed by atoms with Gasteiger partial charge in [0.1, 0.15) is 5.75 Å². The van der Waals surface area contributed by atoms with Crippen molar-refractivity contribution >= 4 is 0 Å². The molecule has 0 aliphatic heterocycles. The average Bonchev–Trinajstić information content (AvgIpc) is 3.04. The first-order chi connectivity index (χ1) is 10.6. The number of rotatable bonds is 0. The van der Waals surface area contributed by atoms with Gasteiger partial charge in [0, 0.05) is 16.7 Å². The van der Waals surface area contributed by atoms with Crippen molar-refractivity contribution in [3.05, 3.63) is 41.5 Å². The van der Waals surface area contributed by atoms with Gasteiger partial charge in [0.2, 0.25) is 0 Å². The third-order valence-corrected chi connectivity index (χ3v) is 7.71. The molecular formula is C20H24O2. The summed E-state index contributed by atoms with van der Waals surface area (Å²) in [4.78, 5) is 0. The molecule has 4 aliphatic carbocycles. The Morgan fingerprint density at radius 1 is 1.23 bits per heavy atom. The summed E-state index contributed by atoms with van der Waals surface area (Å²) < 4.78 is 0. The van der Waals surface area contributed by atoms with Crippen molar-refractivity contribution < 1.29 is 10.2 Å². The minimum atomic E-state index is -0.153. The van der Waals surface area contributed by atoms with E-state index in [0.717, 1.165) is 19.3 Å². The van der Waals surface area contributed by atoms with Crippen LogP contribution in [-0.2, 0) is 6.42 Å². The highest BCUT2D eigenvalue weighted by Gasteiger charge is 2.67. The van der Waals surface area contributed by atoms with Crippen molar-refractivity contribution in [2.45, 2.75) is 51.0 Å². The van der Waals surface area contributed by atoms with E-state index in [1.165, 1.54) is 24.0 Å². The first-order valence-electron chi connectivity index (χ1n) is 8.74. The summed E-state index contributed by atoms with van der Waals surface area (Å²) in [5.74, 6) is 2.03. The first-order valence-corrected chi connectivity index (χ1v) is 8.74. The highest BCUT2D eigenvalue weighted by atomic mass is 16.3. The van der Waals surface area contributed by atoms with Crippen LogP contribution >= 0.6 is 0 Å². The Kier molecular flexibility index (Phi) is 2.38. The van der Waals surface area contributed by atoms with Crippen LogP contribution in [-0.4, -0.2) is 16.3 Å². The highest BCUT2D eigenvalue weighted by molar-refractivity contribution is 5.42. The van der Waals surface area contributed by atoms with Gasteiger partial charge in [-0.15, -0.1) is 0 Å². The molecule has 1 aromatic rings. The molecule has 5 rings (SSSR count). The van der Waals surface area contributed by atoms with E-state index < -0.39 is 0 Å². The third-order valence-electron chi connectivity index (χ3n) is 7.71. The molecule has 6 atom stereocenters. The van der Waals surface area contributed by atoms with E-state index in [4.69, 9.17) is 0 Å². The molecular weight excluding hydrogens is 272 g/mol. The number of hydrogen-bond donors (Lipinski definition) is 2. The molecule has 0 aromatic heterocycles. The number of phenolic OH excluding ortho intramolecular Hbond substituents is 1. The van der Waals surface area contributed by atoms with Gasteiger partial charge >= 0.3 is 0 Å². The average molecular weight is 296 g/mol. The van der Waals surface area contributed by atoms with Crippen molar-refractivity contribution in [1.29, 1.82) is 0 Å². The quantitative estimate of drug-likeness (QED) is 0.715. The summed E-state index contributed by atoms with van der Waals surface area (Å²) in [5.41, 5.74) is 3.08. The topological polar surface area (TPSA) is 40.5 Å². The smallest absolute Gasteiger partial charge is 0.115 e. The second-order valence-electron chi connectivity index (χ2n) is 8.30. The highest BCUT2D eigenvalue weighted by Crippen LogP contribution is 2.72. The maximum Gasteiger partial charge on any atom is 0.115 e. The number of phenols is 1. The zero-order valence-corrected chi connectivity index (χ0v) is 13.1. The van der Waals surface area contributed by atoms with Crippen molar-refractivity contribution in [2.75, 3.05) is 0 Å². The van der Waals surface area contributed by atoms with E-state index in [2.05, 4.69) is 25.1 Å². The normalized spacial score (nSPS) is 47.9. The number of benzene rings is 1. The second-order valence-corrected chi connectivity index (χ2v) is 8.30. The Labute approximate surface area is 131 Å². The van der Waals surface area contributed by atoms with Gasteiger partial charge in [-0.25, -0.2) is 0 Å². The molecule has 0 amide bonds. The minimum absolute atomic E-state index is 0.0714. The summed E-state index contributed by atoms with van der Waals surface area (Å²) in [6, 6.07) is 5.97. The van der Waals surface area contributed by atoms with E-state index in [-0.39, 0.29) is 16.9 Å². The summed E-state index contributed by atoms with van der Waals surface area (Å²) in [6.07, 6.45) is 10.3. The zero-order chi connectivity index (χ0) is 15.1. The third kappa shape index (κ3) is 1.32. The standard InChI is InChI=1S/C20H24O2/c1-19-8-7-16-15-4-3-14(21)10-12(15)2-5-17(16)20(19)9-6-13(11-20)18(19)22/h3-4,6,9-10,13,16-18,21-22H,2,5,7-8,11H2,1H3/t13-,16+,17+,18+,19+,20+/m0/s1. The lowest BCUT2D eigenvalue weighted by Crippen LogP contribution is -2.52. The van der Waals surface area contributed by atoms with Crippen LogP contribution in [0.1, 0.15) is 49.7 Å². The molecule has 2 nitrogen and oxygen atoms in total. The molecule has 1 aromatic carbocycles. The Morgan fingerprint density at radius 3 is 2.95 bits per heavy atom. The van der Waals surface area contributed by atoms with Crippen LogP contribution in [0, 0.1) is 22.7 Å². The minimum Gasteiger partial charge on any atom is -0.508 e. The van der Waals surface area contributed by atoms with Gasteiger partial charge in [0.05, 0.1) is 6.10 Å². The SMILES string of the molecule is C[C@]12CC[C@@H]3c4ccc(O)cc4CC[C@H]3[C@]13C=C[C@@H](C3)[C@H]2O. The lowest BCUT2D eigenvalue weighted by Gasteiger charge is -2.57. The zero-order valence-electron chi connectivity index (χ0n) is 13.1. The Hall–Kier alpha value is -1.28. The van der Waals surface area contributed by atoms with Crippen molar-refractivity contribution in [3.8, 4) is 5.75 Å². The maximum absolute atomic E-state index is 10.8. The Balaban J connectivity index is 1.63. The van der Waals surface area contributed by atoms with E-state index in [1.54, 1.807) is 0 Å². The molecule has 0 saturated heterocycles. The van der Waals surface area contributed by atoms with Crippen LogP contribution < -0.4 is 0 Å². The Morgan fingerprint density at radius 2 is 2.09 bits per heavy atom. The molecule has 2 fully saturated rings. The maximum atomic E-state index is 10.8. The summed E-state index contributed by atoms with van der Waals surface area (Å²) >= 11 is 0. The van der Waals surface area contributed by atoms with E-state index >= 15 is 0 Å². The van der Waals surface area contributed by atoms with Gasteiger partial charge in [0.15, 0.2) is 0 Å². The fraction of sp³-hybridized carbons (Fsp3) is 0.600. The van der Waals surface area contributed by atoms with Crippen molar-refractivity contribution in [3.63, 3.8) is 0 Å². The van der Waals surface area contributed by atoms with Crippen molar-refractivity contribution in [1.82, 2.24) is 0 Å². The number of aliphatic hydroxyl groups is 1. The van der Waals surface area contributed by atoms with Gasteiger partial charge in [-0.2, -0.15) is 0 Å². The number of hydrogen-bond acceptors (Lipinski definition) is 2. The number of aryl methyl sites for hydroxylation is 1. The van der Waals surface area contributed by atoms with E-state index in [0.29, 0.717) is 23.5 Å². The van der Waals surface area contributed by atoms with Crippen LogP contribution in [0.2, 0.25) is 0 Å². The predicted octanol–water partition coefficient (Wildman–Crippen LogP) is 3.78. The van der Waals surface area contributed by atoms with Gasteiger partial charge in [-0.05, 0) is 67.2 Å². The molecule has 2 heteroatoms. The molecule has 1 spiro atoms. The van der Waals surface area contributed by atoms with Crippen LogP contribution in [0.5, 0.6) is 5.75 Å². The fourth-order valence-electron chi connectivity index (χ4n) is 6.62. The monoisotopic (exact) mass is 296 g/mol. The predicted molar refractivity (Wildman–Crippen MR) is 85.7 cm³/mol. The molecule has 2 saturated carbocycles. The van der Waals surface area contributed by atoms with E-state index in [9.17, 15) is 10.2 Å². The first kappa shape index (κ1) is 13.2. The Bertz CT molecular complexity index is 678. The lowest BCUT2D eigenvalue weighted by atomic mass is 9.47. The van der Waals surface area contributed by atoms with Gasteiger partial charge in [-0.3, -0.25) is 0 Å². The summed E-state index contributed by atoms with van der Waals surface area (Å²) in [5, 5.41) is 20.6. The molecule has 116 valence electrons. The second kappa shape index (κ2) is 3.97. The van der Waals surface area contributed by atoms with Crippen LogP contribution in [0.15, 0.2) is 30.4 Å². The molecule has 22 heavy (non-hydrogen) atoms. The number of aliphatic hydroxyl groups excluding tert-OH is 1. The molecule has 0 radical (unpaired) electrons. The van der Waals surface area contributed by atoms with Crippen molar-refractivity contribution in [2.24, 2.45) is 22.7 Å². The molecule has 4 aliphatic rings. The number of allylic oxidation sites excluding steroid dienone is 1. The molecule has 2 N–H and O–H groups in total. The molecule has 0 heterocycles. The van der Waals surface area contributed by atoms with E-state index in [1.807, 2.05) is 12.1 Å². The van der Waals surface area contributed by atoms with Gasteiger partial charge in [-0.1, -0.05) is 25.1 Å². The van der Waals surface area contributed by atoms with Crippen LogP contribution in [0.25, 0.3) is 0 Å². The number of aromatic hydroxyl groups is 1. The molecule has 0 unspecified atom stereocenters. The van der Waals surface area contributed by atoms with Crippen LogP contribution in [0.3, 0.4) is 0 Å². The summed E-state index contributed by atoms with van der Waals surface area (Å²) in [7, 11) is 0. The molecule has 2 bridgehead atoms. The van der Waals surface area contributed by atoms with Gasteiger partial charge in [0.25, 0.3) is 0 Å². The number of fused-ring (bicyclic) bond motifs is 4.